The van der Waals surface area contributed by atoms with Gasteiger partial charge in [-0.1, -0.05) is 12.1 Å². The molecule has 1 aliphatic carbocycles. The van der Waals surface area contributed by atoms with Gasteiger partial charge in [0.05, 0.1) is 7.11 Å². The number of hydrogen-bond donors (Lipinski definition) is 0. The maximum Gasteiger partial charge on any atom is 0.268 e. The summed E-state index contributed by atoms with van der Waals surface area (Å²) in [4.78, 5) is 16.7. The number of hydrogen-bond acceptors (Lipinski definition) is 5. The van der Waals surface area contributed by atoms with Crippen molar-refractivity contribution < 1.29 is 27.8 Å². The van der Waals surface area contributed by atoms with Crippen LogP contribution in [0.2, 0.25) is 0 Å². The Bertz CT molecular complexity index is 1030. The Kier molecular flexibility index (Phi) is 6.82. The first-order chi connectivity index (χ1) is 16.9. The average Bonchev–Trinajstić information content (AvgIpc) is 3.65. The Labute approximate surface area is 204 Å². The molecule has 5 rings (SSSR count). The van der Waals surface area contributed by atoms with E-state index in [0.717, 1.165) is 5.69 Å². The second kappa shape index (κ2) is 10.0. The van der Waals surface area contributed by atoms with E-state index in [-0.39, 0.29) is 18.7 Å². The van der Waals surface area contributed by atoms with Gasteiger partial charge in [-0.3, -0.25) is 9.69 Å². The number of benzene rings is 2. The van der Waals surface area contributed by atoms with Gasteiger partial charge in [0.2, 0.25) is 0 Å². The summed E-state index contributed by atoms with van der Waals surface area (Å²) >= 11 is 0. The molecule has 2 aliphatic heterocycles. The number of halogens is 2. The molecule has 2 saturated heterocycles. The van der Waals surface area contributed by atoms with Crippen LogP contribution in [0.5, 0.6) is 17.2 Å². The van der Waals surface area contributed by atoms with E-state index in [4.69, 9.17) is 14.2 Å². The van der Waals surface area contributed by atoms with Gasteiger partial charge >= 0.3 is 0 Å². The zero-order chi connectivity index (χ0) is 24.4. The fourth-order valence-electron chi connectivity index (χ4n) is 4.75. The van der Waals surface area contributed by atoms with Crippen LogP contribution in [-0.2, 0) is 4.79 Å². The van der Waals surface area contributed by atoms with E-state index >= 15 is 0 Å². The molecule has 3 aliphatic rings. The standard InChI is InChI=1S/C27H32F2N2O4/c1-33-25-18-21(6-9-23(25)34-17-16-30-14-11-27(28,29)12-15-30)31-13-10-24(26(31)32)35-22-7-4-20(5-8-22)19-2-3-19/h4-9,18-19,24H,2-3,10-17H2,1H3/t24-/m0/s1. The van der Waals surface area contributed by atoms with Crippen molar-refractivity contribution in [2.45, 2.75) is 50.0 Å². The highest BCUT2D eigenvalue weighted by Gasteiger charge is 2.35. The summed E-state index contributed by atoms with van der Waals surface area (Å²) in [6.45, 7) is 2.26. The minimum absolute atomic E-state index is 0.0751. The van der Waals surface area contributed by atoms with Gasteiger partial charge in [-0.25, -0.2) is 8.78 Å². The smallest absolute Gasteiger partial charge is 0.268 e. The van der Waals surface area contributed by atoms with E-state index in [1.54, 1.807) is 24.1 Å². The molecule has 0 radical (unpaired) electrons. The first-order valence-electron chi connectivity index (χ1n) is 12.4. The van der Waals surface area contributed by atoms with Crippen molar-refractivity contribution in [3.63, 3.8) is 0 Å². The number of ether oxygens (including phenoxy) is 3. The van der Waals surface area contributed by atoms with Gasteiger partial charge in [0.25, 0.3) is 11.8 Å². The van der Waals surface area contributed by atoms with Crippen LogP contribution in [0.25, 0.3) is 0 Å². The molecule has 2 aromatic rings. The lowest BCUT2D eigenvalue weighted by Gasteiger charge is -2.31. The van der Waals surface area contributed by atoms with Crippen LogP contribution in [0.15, 0.2) is 42.5 Å². The Morgan fingerprint density at radius 1 is 0.971 bits per heavy atom. The molecule has 6 nitrogen and oxygen atoms in total. The van der Waals surface area contributed by atoms with Gasteiger partial charge in [-0.05, 0) is 48.6 Å². The number of carbonyl (C=O) groups excluding carboxylic acids is 1. The summed E-state index contributed by atoms with van der Waals surface area (Å²) in [5.41, 5.74) is 2.07. The summed E-state index contributed by atoms with van der Waals surface area (Å²) in [7, 11) is 1.56. The molecule has 3 fully saturated rings. The third kappa shape index (κ3) is 5.69. The predicted molar refractivity (Wildman–Crippen MR) is 129 cm³/mol. The molecule has 188 valence electrons. The highest BCUT2D eigenvalue weighted by Crippen LogP contribution is 2.40. The number of alkyl halides is 2. The van der Waals surface area contributed by atoms with Crippen molar-refractivity contribution in [2.75, 3.05) is 44.8 Å². The quantitative estimate of drug-likeness (QED) is 0.506. The number of piperidine rings is 1. The molecule has 1 amide bonds. The van der Waals surface area contributed by atoms with Crippen LogP contribution >= 0.6 is 0 Å². The van der Waals surface area contributed by atoms with Crippen molar-refractivity contribution in [3.8, 4) is 17.2 Å². The van der Waals surface area contributed by atoms with E-state index in [2.05, 4.69) is 12.1 Å². The number of carbonyl (C=O) groups is 1. The fourth-order valence-corrected chi connectivity index (χ4v) is 4.75. The molecule has 35 heavy (non-hydrogen) atoms. The lowest BCUT2D eigenvalue weighted by molar-refractivity contribution is -0.122. The van der Waals surface area contributed by atoms with Gasteiger partial charge in [-0.2, -0.15) is 0 Å². The number of anilines is 1. The number of rotatable bonds is 9. The summed E-state index contributed by atoms with van der Waals surface area (Å²) < 4.78 is 44.0. The summed E-state index contributed by atoms with van der Waals surface area (Å²) in [5.74, 6) is -0.127. The van der Waals surface area contributed by atoms with E-state index in [1.807, 2.05) is 23.1 Å². The predicted octanol–water partition coefficient (Wildman–Crippen LogP) is 4.87. The van der Waals surface area contributed by atoms with Gasteiger partial charge in [0.1, 0.15) is 12.4 Å². The van der Waals surface area contributed by atoms with E-state index in [9.17, 15) is 13.6 Å². The van der Waals surface area contributed by atoms with Crippen LogP contribution in [0.1, 0.15) is 43.6 Å². The largest absolute Gasteiger partial charge is 0.493 e. The van der Waals surface area contributed by atoms with Crippen LogP contribution in [0.4, 0.5) is 14.5 Å². The zero-order valence-electron chi connectivity index (χ0n) is 20.1. The molecule has 0 bridgehead atoms. The van der Waals surface area contributed by atoms with Gasteiger partial charge < -0.3 is 19.1 Å². The Hall–Kier alpha value is -2.87. The SMILES string of the molecule is COc1cc(N2CC[C@H](Oc3ccc(C4CC4)cc3)C2=O)ccc1OCCN1CCC(F)(F)CC1. The van der Waals surface area contributed by atoms with Crippen molar-refractivity contribution in [1.29, 1.82) is 0 Å². The Morgan fingerprint density at radius 3 is 2.40 bits per heavy atom. The molecule has 1 atom stereocenters. The van der Waals surface area contributed by atoms with E-state index in [0.29, 0.717) is 62.4 Å². The number of methoxy groups -OCH3 is 1. The molecule has 1 saturated carbocycles. The second-order valence-electron chi connectivity index (χ2n) is 9.61. The Balaban J connectivity index is 1.15. The molecule has 0 N–H and O–H groups in total. The first kappa shape index (κ1) is 23.9. The second-order valence-corrected chi connectivity index (χ2v) is 9.61. The summed E-state index contributed by atoms with van der Waals surface area (Å²) in [6, 6.07) is 13.5. The van der Waals surface area contributed by atoms with Crippen LogP contribution in [-0.4, -0.2) is 62.7 Å². The van der Waals surface area contributed by atoms with Gasteiger partial charge in [0, 0.05) is 57.2 Å². The average molecular weight is 487 g/mol. The normalized spacial score (nSPS) is 22.3. The van der Waals surface area contributed by atoms with Crippen molar-refractivity contribution in [3.05, 3.63) is 48.0 Å². The third-order valence-corrected chi connectivity index (χ3v) is 7.08. The van der Waals surface area contributed by atoms with Crippen LogP contribution < -0.4 is 19.1 Å². The molecule has 8 heteroatoms. The maximum absolute atomic E-state index is 13.3. The molecule has 2 heterocycles. The summed E-state index contributed by atoms with van der Waals surface area (Å²) in [5, 5.41) is 0. The lowest BCUT2D eigenvalue weighted by Crippen LogP contribution is -2.41. The monoisotopic (exact) mass is 486 g/mol. The molecule has 0 unspecified atom stereocenters. The topological polar surface area (TPSA) is 51.2 Å². The van der Waals surface area contributed by atoms with Gasteiger partial charge in [0.15, 0.2) is 17.6 Å². The highest BCUT2D eigenvalue weighted by atomic mass is 19.3. The van der Waals surface area contributed by atoms with Crippen LogP contribution in [0.3, 0.4) is 0 Å². The highest BCUT2D eigenvalue weighted by molar-refractivity contribution is 5.99. The number of nitrogens with zero attached hydrogens (tertiary/aromatic N) is 2. The zero-order valence-corrected chi connectivity index (χ0v) is 20.1. The maximum atomic E-state index is 13.3. The summed E-state index contributed by atoms with van der Waals surface area (Å²) in [6.07, 6.45) is 2.39. The lowest BCUT2D eigenvalue weighted by atomic mass is 10.1. The van der Waals surface area contributed by atoms with Crippen LogP contribution in [0, 0.1) is 0 Å². The van der Waals surface area contributed by atoms with Crippen molar-refractivity contribution in [1.82, 2.24) is 4.90 Å². The van der Waals surface area contributed by atoms with E-state index < -0.39 is 12.0 Å². The molecule has 0 aromatic heterocycles. The minimum Gasteiger partial charge on any atom is -0.493 e. The Morgan fingerprint density at radius 2 is 1.71 bits per heavy atom. The third-order valence-electron chi connectivity index (χ3n) is 7.08. The molecule has 0 spiro atoms. The van der Waals surface area contributed by atoms with Crippen molar-refractivity contribution in [2.24, 2.45) is 0 Å². The first-order valence-corrected chi connectivity index (χ1v) is 12.4. The van der Waals surface area contributed by atoms with Crippen molar-refractivity contribution >= 4 is 11.6 Å². The molecular weight excluding hydrogens is 454 g/mol. The van der Waals surface area contributed by atoms with Gasteiger partial charge in [-0.15, -0.1) is 0 Å². The number of likely N-dealkylation sites (tertiary alicyclic amines) is 1. The molecule has 2 aromatic carbocycles. The van der Waals surface area contributed by atoms with E-state index in [1.165, 1.54) is 18.4 Å². The minimum atomic E-state index is -2.55. The number of amides is 1. The fraction of sp³-hybridized carbons (Fsp3) is 0.519. The molecular formula is C27H32F2N2O4.